The van der Waals surface area contributed by atoms with Crippen LogP contribution in [0.5, 0.6) is 0 Å². The van der Waals surface area contributed by atoms with Crippen molar-refractivity contribution in [3.05, 3.63) is 0 Å². The fraction of sp³-hybridized carbons (Fsp3) is 0.913. The summed E-state index contributed by atoms with van der Waals surface area (Å²) in [5.41, 5.74) is 0. The molecular formula is C23H42O4. The fourth-order valence-electron chi connectivity index (χ4n) is 3.62. The summed E-state index contributed by atoms with van der Waals surface area (Å²) in [4.78, 5) is 25.0. The number of unbranched alkanes of at least 4 members (excludes halogenated alkanes) is 7. The Morgan fingerprint density at radius 1 is 0.815 bits per heavy atom. The Balaban J connectivity index is 2.29. The Bertz CT molecular complexity index is 419. The molecular weight excluding hydrogens is 340 g/mol. The molecule has 4 nitrogen and oxygen atoms in total. The van der Waals surface area contributed by atoms with Crippen LogP contribution >= 0.6 is 0 Å². The second-order valence-corrected chi connectivity index (χ2v) is 8.53. The minimum Gasteiger partial charge on any atom is -0.465 e. The first kappa shape index (κ1) is 24.0. The van der Waals surface area contributed by atoms with E-state index in [-0.39, 0.29) is 35.8 Å². The molecule has 1 aliphatic rings. The first-order valence-corrected chi connectivity index (χ1v) is 11.3. The van der Waals surface area contributed by atoms with E-state index in [4.69, 9.17) is 9.47 Å². The highest BCUT2D eigenvalue weighted by atomic mass is 16.5. The van der Waals surface area contributed by atoms with Crippen molar-refractivity contribution < 1.29 is 19.1 Å². The van der Waals surface area contributed by atoms with Crippen LogP contribution in [-0.4, -0.2) is 24.6 Å². The van der Waals surface area contributed by atoms with E-state index in [1.807, 2.05) is 20.8 Å². The Morgan fingerprint density at radius 3 is 1.89 bits per heavy atom. The van der Waals surface area contributed by atoms with Crippen LogP contribution in [0.2, 0.25) is 0 Å². The van der Waals surface area contributed by atoms with Crippen LogP contribution in [0, 0.1) is 17.8 Å². The first-order chi connectivity index (χ1) is 13.0. The molecule has 0 saturated heterocycles. The molecule has 0 aromatic carbocycles. The summed E-state index contributed by atoms with van der Waals surface area (Å²) >= 11 is 0. The summed E-state index contributed by atoms with van der Waals surface area (Å²) in [5.74, 6) is -0.780. The smallest absolute Gasteiger partial charge is 0.310 e. The number of hydrogen-bond acceptors (Lipinski definition) is 4. The molecule has 0 radical (unpaired) electrons. The molecule has 0 heterocycles. The average Bonchev–Trinajstić information content (AvgIpc) is 2.66. The van der Waals surface area contributed by atoms with E-state index in [0.717, 1.165) is 38.5 Å². The standard InChI is InChI=1S/C23H42O4/c1-5-6-7-8-9-10-11-14-17-26-22(24)20-15-12-13-16-21(20)23(25)27-19(4)18(2)3/h18-21H,5-17H2,1-4H3. The Morgan fingerprint density at radius 2 is 1.33 bits per heavy atom. The zero-order valence-corrected chi connectivity index (χ0v) is 18.1. The second kappa shape index (κ2) is 14.0. The Labute approximate surface area is 166 Å². The minimum absolute atomic E-state index is 0.117. The van der Waals surface area contributed by atoms with Gasteiger partial charge < -0.3 is 9.47 Å². The van der Waals surface area contributed by atoms with Crippen molar-refractivity contribution in [3.63, 3.8) is 0 Å². The van der Waals surface area contributed by atoms with Gasteiger partial charge in [0.05, 0.1) is 18.4 Å². The number of ether oxygens (including phenoxy) is 2. The number of carbonyl (C=O) groups is 2. The molecule has 158 valence electrons. The first-order valence-electron chi connectivity index (χ1n) is 11.3. The van der Waals surface area contributed by atoms with Crippen molar-refractivity contribution in [1.82, 2.24) is 0 Å². The molecule has 0 N–H and O–H groups in total. The molecule has 3 unspecified atom stereocenters. The molecule has 1 aliphatic carbocycles. The maximum Gasteiger partial charge on any atom is 0.310 e. The normalized spacial score (nSPS) is 21.1. The number of hydrogen-bond donors (Lipinski definition) is 0. The van der Waals surface area contributed by atoms with Gasteiger partial charge in [-0.15, -0.1) is 0 Å². The molecule has 0 aromatic heterocycles. The molecule has 0 aromatic rings. The summed E-state index contributed by atoms with van der Waals surface area (Å²) in [6.45, 7) is 8.70. The number of rotatable bonds is 13. The monoisotopic (exact) mass is 382 g/mol. The maximum absolute atomic E-state index is 12.5. The highest BCUT2D eigenvalue weighted by Gasteiger charge is 2.38. The van der Waals surface area contributed by atoms with E-state index in [1.165, 1.54) is 38.5 Å². The molecule has 0 spiro atoms. The van der Waals surface area contributed by atoms with Crippen molar-refractivity contribution in [3.8, 4) is 0 Å². The van der Waals surface area contributed by atoms with Gasteiger partial charge in [-0.05, 0) is 32.1 Å². The Kier molecular flexibility index (Phi) is 12.4. The van der Waals surface area contributed by atoms with Crippen molar-refractivity contribution in [2.24, 2.45) is 17.8 Å². The second-order valence-electron chi connectivity index (χ2n) is 8.53. The van der Waals surface area contributed by atoms with Gasteiger partial charge in [0.25, 0.3) is 0 Å². The molecule has 4 heteroatoms. The van der Waals surface area contributed by atoms with Gasteiger partial charge >= 0.3 is 11.9 Å². The third-order valence-corrected chi connectivity index (χ3v) is 5.85. The molecule has 0 amide bonds. The van der Waals surface area contributed by atoms with E-state index in [9.17, 15) is 9.59 Å². The minimum atomic E-state index is -0.328. The van der Waals surface area contributed by atoms with Crippen molar-refractivity contribution in [2.45, 2.75) is 111 Å². The highest BCUT2D eigenvalue weighted by Crippen LogP contribution is 2.32. The molecule has 0 aliphatic heterocycles. The topological polar surface area (TPSA) is 52.6 Å². The van der Waals surface area contributed by atoms with Gasteiger partial charge in [-0.1, -0.05) is 78.6 Å². The SMILES string of the molecule is CCCCCCCCCCOC(=O)C1CCCCC1C(=O)OC(C)C(C)C. The van der Waals surface area contributed by atoms with Gasteiger partial charge in [0.2, 0.25) is 0 Å². The fourth-order valence-corrected chi connectivity index (χ4v) is 3.62. The lowest BCUT2D eigenvalue weighted by molar-refractivity contribution is -0.167. The van der Waals surface area contributed by atoms with E-state index >= 15 is 0 Å². The summed E-state index contributed by atoms with van der Waals surface area (Å²) in [7, 11) is 0. The van der Waals surface area contributed by atoms with Crippen molar-refractivity contribution in [2.75, 3.05) is 6.61 Å². The molecule has 1 fully saturated rings. The summed E-state index contributed by atoms with van der Waals surface area (Å²) in [6.07, 6.45) is 13.1. The van der Waals surface area contributed by atoms with Gasteiger partial charge in [-0.3, -0.25) is 9.59 Å². The zero-order valence-electron chi connectivity index (χ0n) is 18.1. The number of esters is 2. The highest BCUT2D eigenvalue weighted by molar-refractivity contribution is 5.82. The van der Waals surface area contributed by atoms with E-state index < -0.39 is 0 Å². The van der Waals surface area contributed by atoms with Crippen LogP contribution in [0.15, 0.2) is 0 Å². The molecule has 3 atom stereocenters. The lowest BCUT2D eigenvalue weighted by atomic mass is 9.79. The Hall–Kier alpha value is -1.06. The molecule has 1 saturated carbocycles. The zero-order chi connectivity index (χ0) is 20.1. The summed E-state index contributed by atoms with van der Waals surface area (Å²) < 4.78 is 11.1. The maximum atomic E-state index is 12.5. The van der Waals surface area contributed by atoms with Crippen LogP contribution in [0.25, 0.3) is 0 Å². The average molecular weight is 383 g/mol. The molecule has 0 bridgehead atoms. The molecule has 1 rings (SSSR count). The van der Waals surface area contributed by atoms with Crippen LogP contribution in [0.3, 0.4) is 0 Å². The predicted molar refractivity (Wildman–Crippen MR) is 109 cm³/mol. The molecule has 27 heavy (non-hydrogen) atoms. The third kappa shape index (κ3) is 9.62. The lowest BCUT2D eigenvalue weighted by Crippen LogP contribution is -2.37. The predicted octanol–water partition coefficient (Wildman–Crippen LogP) is 6.06. The van der Waals surface area contributed by atoms with Crippen LogP contribution in [0.4, 0.5) is 0 Å². The van der Waals surface area contributed by atoms with Crippen LogP contribution in [-0.2, 0) is 19.1 Å². The quantitative estimate of drug-likeness (QED) is 0.287. The van der Waals surface area contributed by atoms with Gasteiger partial charge in [0.15, 0.2) is 0 Å². The van der Waals surface area contributed by atoms with E-state index in [1.54, 1.807) is 0 Å². The third-order valence-electron chi connectivity index (χ3n) is 5.85. The van der Waals surface area contributed by atoms with Gasteiger partial charge in [-0.25, -0.2) is 0 Å². The van der Waals surface area contributed by atoms with Crippen molar-refractivity contribution in [1.29, 1.82) is 0 Å². The van der Waals surface area contributed by atoms with Crippen LogP contribution < -0.4 is 0 Å². The number of carbonyl (C=O) groups excluding carboxylic acids is 2. The summed E-state index contributed by atoms with van der Waals surface area (Å²) in [6, 6.07) is 0. The largest absolute Gasteiger partial charge is 0.465 e. The van der Waals surface area contributed by atoms with E-state index in [2.05, 4.69) is 6.92 Å². The van der Waals surface area contributed by atoms with Gasteiger partial charge in [0.1, 0.15) is 6.10 Å². The van der Waals surface area contributed by atoms with E-state index in [0.29, 0.717) is 6.61 Å². The van der Waals surface area contributed by atoms with Crippen LogP contribution in [0.1, 0.15) is 105 Å². The van der Waals surface area contributed by atoms with Crippen molar-refractivity contribution >= 4 is 11.9 Å². The van der Waals surface area contributed by atoms with Gasteiger partial charge in [0, 0.05) is 0 Å². The lowest BCUT2D eigenvalue weighted by Gasteiger charge is -2.30. The van der Waals surface area contributed by atoms with Gasteiger partial charge in [-0.2, -0.15) is 0 Å². The summed E-state index contributed by atoms with van der Waals surface area (Å²) in [5, 5.41) is 0.